The van der Waals surface area contributed by atoms with E-state index < -0.39 is 9.84 Å². The molecule has 0 aromatic heterocycles. The van der Waals surface area contributed by atoms with Gasteiger partial charge in [-0.15, -0.1) is 0 Å². The fraction of sp³-hybridized carbons (Fsp3) is 0.571. The van der Waals surface area contributed by atoms with Gasteiger partial charge in [0.2, 0.25) is 0 Å². The number of piperidine rings is 1. The van der Waals surface area contributed by atoms with Gasteiger partial charge in [-0.3, -0.25) is 0 Å². The summed E-state index contributed by atoms with van der Waals surface area (Å²) in [5.41, 5.74) is 6.97. The third-order valence-corrected chi connectivity index (χ3v) is 5.51. The summed E-state index contributed by atoms with van der Waals surface area (Å²) >= 11 is 0. The van der Waals surface area contributed by atoms with Crippen LogP contribution in [0.2, 0.25) is 0 Å². The summed E-state index contributed by atoms with van der Waals surface area (Å²) in [6.07, 6.45) is 2.64. The van der Waals surface area contributed by atoms with Gasteiger partial charge in [0.1, 0.15) is 0 Å². The second-order valence-corrected chi connectivity index (χ2v) is 7.25. The van der Waals surface area contributed by atoms with Crippen LogP contribution in [0.25, 0.3) is 0 Å². The summed E-state index contributed by atoms with van der Waals surface area (Å²) in [6, 6.07) is 7.54. The van der Waals surface area contributed by atoms with Crippen LogP contribution in [0.5, 0.6) is 0 Å². The Morgan fingerprint density at radius 3 is 2.32 bits per heavy atom. The first-order valence-corrected chi connectivity index (χ1v) is 8.51. The average molecular weight is 282 g/mol. The molecule has 0 atom stereocenters. The molecule has 0 spiro atoms. The van der Waals surface area contributed by atoms with Gasteiger partial charge in [0.25, 0.3) is 0 Å². The fourth-order valence-electron chi connectivity index (χ4n) is 2.41. The van der Waals surface area contributed by atoms with Crippen molar-refractivity contribution in [3.63, 3.8) is 0 Å². The molecule has 19 heavy (non-hydrogen) atoms. The van der Waals surface area contributed by atoms with E-state index in [-0.39, 0.29) is 5.75 Å². The lowest BCUT2D eigenvalue weighted by molar-refractivity contribution is 0.501. The Balaban J connectivity index is 2.10. The number of hydrogen-bond acceptors (Lipinski definition) is 4. The zero-order valence-electron chi connectivity index (χ0n) is 11.4. The lowest BCUT2D eigenvalue weighted by atomic mass is 10.1. The van der Waals surface area contributed by atoms with Gasteiger partial charge in [-0.2, -0.15) is 0 Å². The molecule has 4 nitrogen and oxygen atoms in total. The Labute approximate surface area is 115 Å². The van der Waals surface area contributed by atoms with Gasteiger partial charge in [-0.1, -0.05) is 6.92 Å². The minimum atomic E-state index is -3.11. The maximum Gasteiger partial charge on any atom is 0.178 e. The fourth-order valence-corrected chi connectivity index (χ4v) is 3.73. The second-order valence-electron chi connectivity index (χ2n) is 5.14. The molecule has 1 aliphatic rings. The van der Waals surface area contributed by atoms with Crippen molar-refractivity contribution < 1.29 is 8.42 Å². The molecule has 2 rings (SSSR count). The summed E-state index contributed by atoms with van der Waals surface area (Å²) < 4.78 is 23.9. The predicted molar refractivity (Wildman–Crippen MR) is 78.2 cm³/mol. The predicted octanol–water partition coefficient (Wildman–Crippen LogP) is 1.80. The van der Waals surface area contributed by atoms with E-state index in [1.807, 2.05) is 19.1 Å². The first kappa shape index (κ1) is 14.3. The number of anilines is 1. The molecule has 1 aromatic rings. The third-order valence-electron chi connectivity index (χ3n) is 3.57. The first-order valence-electron chi connectivity index (χ1n) is 6.86. The van der Waals surface area contributed by atoms with Crippen LogP contribution in [-0.4, -0.2) is 33.3 Å². The van der Waals surface area contributed by atoms with Crippen molar-refractivity contribution in [1.29, 1.82) is 0 Å². The molecular weight excluding hydrogens is 260 g/mol. The maximum atomic E-state index is 11.9. The van der Waals surface area contributed by atoms with Gasteiger partial charge in [0.15, 0.2) is 9.84 Å². The number of nitrogens with two attached hydrogens (primary N) is 1. The zero-order chi connectivity index (χ0) is 13.9. The maximum absolute atomic E-state index is 11.9. The van der Waals surface area contributed by atoms with E-state index in [2.05, 4.69) is 4.90 Å². The van der Waals surface area contributed by atoms with Gasteiger partial charge < -0.3 is 10.6 Å². The van der Waals surface area contributed by atoms with Gasteiger partial charge in [0, 0.05) is 24.8 Å². The molecule has 1 fully saturated rings. The molecule has 1 aliphatic heterocycles. The molecule has 0 bridgehead atoms. The van der Waals surface area contributed by atoms with Crippen LogP contribution in [0.3, 0.4) is 0 Å². The normalized spacial score (nSPS) is 17.7. The Hall–Kier alpha value is -1.07. The number of nitrogens with zero attached hydrogens (tertiary/aromatic N) is 1. The minimum Gasteiger partial charge on any atom is -0.371 e. The van der Waals surface area contributed by atoms with Gasteiger partial charge in [-0.05, 0) is 43.5 Å². The molecule has 1 saturated heterocycles. The SMILES string of the molecule is CCCS(=O)(=O)c1ccc(N2CCC(N)CC2)cc1. The molecule has 0 radical (unpaired) electrons. The Morgan fingerprint density at radius 1 is 1.21 bits per heavy atom. The minimum absolute atomic E-state index is 0.213. The van der Waals surface area contributed by atoms with Gasteiger partial charge in [-0.25, -0.2) is 8.42 Å². The molecule has 0 saturated carbocycles. The molecule has 1 aromatic carbocycles. The zero-order valence-corrected chi connectivity index (χ0v) is 12.2. The number of sulfone groups is 1. The van der Waals surface area contributed by atoms with E-state index in [0.29, 0.717) is 17.4 Å². The van der Waals surface area contributed by atoms with E-state index in [0.717, 1.165) is 31.6 Å². The lowest BCUT2D eigenvalue weighted by Crippen LogP contribution is -2.39. The van der Waals surface area contributed by atoms with Crippen LogP contribution < -0.4 is 10.6 Å². The highest BCUT2D eigenvalue weighted by Gasteiger charge is 2.17. The Morgan fingerprint density at radius 2 is 1.79 bits per heavy atom. The molecule has 0 aliphatic carbocycles. The molecule has 1 heterocycles. The summed E-state index contributed by atoms with van der Waals surface area (Å²) in [7, 11) is -3.11. The van der Waals surface area contributed by atoms with Gasteiger partial charge in [0.05, 0.1) is 10.6 Å². The van der Waals surface area contributed by atoms with E-state index >= 15 is 0 Å². The highest BCUT2D eigenvalue weighted by Crippen LogP contribution is 2.22. The highest BCUT2D eigenvalue weighted by atomic mass is 32.2. The van der Waals surface area contributed by atoms with Crippen LogP contribution in [-0.2, 0) is 9.84 Å². The summed E-state index contributed by atoms with van der Waals surface area (Å²) in [4.78, 5) is 2.69. The van der Waals surface area contributed by atoms with Crippen molar-refractivity contribution in [3.05, 3.63) is 24.3 Å². The summed E-state index contributed by atoms with van der Waals surface area (Å²) in [6.45, 7) is 3.77. The number of rotatable bonds is 4. The van der Waals surface area contributed by atoms with Crippen molar-refractivity contribution in [3.8, 4) is 0 Å². The largest absolute Gasteiger partial charge is 0.371 e. The van der Waals surface area contributed by atoms with Crippen LogP contribution >= 0.6 is 0 Å². The van der Waals surface area contributed by atoms with Gasteiger partial charge >= 0.3 is 0 Å². The van der Waals surface area contributed by atoms with Crippen LogP contribution in [0, 0.1) is 0 Å². The smallest absolute Gasteiger partial charge is 0.178 e. The van der Waals surface area contributed by atoms with E-state index in [1.165, 1.54) is 0 Å². The van der Waals surface area contributed by atoms with E-state index in [4.69, 9.17) is 5.73 Å². The van der Waals surface area contributed by atoms with Crippen molar-refractivity contribution in [1.82, 2.24) is 0 Å². The molecule has 0 unspecified atom stereocenters. The quantitative estimate of drug-likeness (QED) is 0.914. The van der Waals surface area contributed by atoms with Crippen molar-refractivity contribution >= 4 is 15.5 Å². The summed E-state index contributed by atoms with van der Waals surface area (Å²) in [5.74, 6) is 0.213. The second kappa shape index (κ2) is 5.92. The molecule has 106 valence electrons. The molecular formula is C14H22N2O2S. The van der Waals surface area contributed by atoms with Crippen molar-refractivity contribution in [2.24, 2.45) is 5.73 Å². The van der Waals surface area contributed by atoms with Crippen molar-refractivity contribution in [2.75, 3.05) is 23.7 Å². The first-order chi connectivity index (χ1) is 9.03. The highest BCUT2D eigenvalue weighted by molar-refractivity contribution is 7.91. The van der Waals surface area contributed by atoms with E-state index in [1.54, 1.807) is 12.1 Å². The molecule has 0 amide bonds. The lowest BCUT2D eigenvalue weighted by Gasteiger charge is -2.32. The summed E-state index contributed by atoms with van der Waals surface area (Å²) in [5, 5.41) is 0. The van der Waals surface area contributed by atoms with Crippen molar-refractivity contribution in [2.45, 2.75) is 37.1 Å². The van der Waals surface area contributed by atoms with E-state index in [9.17, 15) is 8.42 Å². The van der Waals surface area contributed by atoms with Crippen LogP contribution in [0.1, 0.15) is 26.2 Å². The van der Waals surface area contributed by atoms with Crippen LogP contribution in [0.4, 0.5) is 5.69 Å². The number of hydrogen-bond donors (Lipinski definition) is 1. The van der Waals surface area contributed by atoms with Crippen LogP contribution in [0.15, 0.2) is 29.2 Å². The molecule has 5 heteroatoms. The standard InChI is InChI=1S/C14H22N2O2S/c1-2-11-19(17,18)14-5-3-13(4-6-14)16-9-7-12(15)8-10-16/h3-6,12H,2,7-11,15H2,1H3. The Kier molecular flexibility index (Phi) is 4.47. The topological polar surface area (TPSA) is 63.4 Å². The third kappa shape index (κ3) is 3.48. The average Bonchev–Trinajstić information content (AvgIpc) is 2.40. The monoisotopic (exact) mass is 282 g/mol. The molecule has 2 N–H and O–H groups in total. The Bertz CT molecular complexity index is 503. The number of benzene rings is 1.